The number of halogens is 1. The molecule has 0 bridgehead atoms. The minimum Gasteiger partial charge on any atom is -0.378 e. The Morgan fingerprint density at radius 1 is 1.16 bits per heavy atom. The summed E-state index contributed by atoms with van der Waals surface area (Å²) < 4.78 is 33.6. The third-order valence-electron chi connectivity index (χ3n) is 5.26. The predicted molar refractivity (Wildman–Crippen MR) is 125 cm³/mol. The molecule has 0 N–H and O–H groups in total. The first-order valence-electron chi connectivity index (χ1n) is 10.2. The molecule has 1 aliphatic heterocycles. The highest BCUT2D eigenvalue weighted by molar-refractivity contribution is 7.89. The number of sulfonamides is 1. The fourth-order valence-corrected chi connectivity index (χ4v) is 6.21. The molecule has 2 heterocycles. The van der Waals surface area contributed by atoms with Crippen LogP contribution in [-0.2, 0) is 21.3 Å². The van der Waals surface area contributed by atoms with Gasteiger partial charge < -0.3 is 14.5 Å². The number of anilines is 1. The van der Waals surface area contributed by atoms with E-state index in [1.54, 1.807) is 44.0 Å². The van der Waals surface area contributed by atoms with Crippen molar-refractivity contribution in [3.63, 3.8) is 0 Å². The first-order chi connectivity index (χ1) is 14.8. The molecular formula is C21H28ClN3O4S2. The Balaban J connectivity index is 2.00. The van der Waals surface area contributed by atoms with Gasteiger partial charge in [-0.3, -0.25) is 4.79 Å². The number of amides is 1. The smallest absolute Gasteiger partial charge is 0.256 e. The van der Waals surface area contributed by atoms with E-state index in [0.717, 1.165) is 10.6 Å². The van der Waals surface area contributed by atoms with Crippen molar-refractivity contribution in [2.24, 2.45) is 0 Å². The molecule has 0 atom stereocenters. The zero-order chi connectivity index (χ0) is 22.6. The van der Waals surface area contributed by atoms with Crippen LogP contribution in [0.4, 0.5) is 5.69 Å². The summed E-state index contributed by atoms with van der Waals surface area (Å²) in [6.07, 6.45) is 0. The van der Waals surface area contributed by atoms with E-state index in [1.807, 2.05) is 6.07 Å². The highest BCUT2D eigenvalue weighted by Crippen LogP contribution is 2.29. The van der Waals surface area contributed by atoms with Gasteiger partial charge in [0.15, 0.2) is 0 Å². The molecule has 1 fully saturated rings. The van der Waals surface area contributed by atoms with Crippen molar-refractivity contribution in [1.29, 1.82) is 0 Å². The number of nitrogens with zero attached hydrogens (tertiary/aromatic N) is 3. The van der Waals surface area contributed by atoms with E-state index in [9.17, 15) is 13.2 Å². The number of ether oxygens (including phenoxy) is 1. The monoisotopic (exact) mass is 485 g/mol. The van der Waals surface area contributed by atoms with Crippen LogP contribution in [0.3, 0.4) is 0 Å². The molecule has 1 saturated heterocycles. The second-order valence-electron chi connectivity index (χ2n) is 7.23. The molecule has 170 valence electrons. The molecule has 0 spiro atoms. The van der Waals surface area contributed by atoms with Crippen molar-refractivity contribution < 1.29 is 17.9 Å². The average molecular weight is 486 g/mol. The van der Waals surface area contributed by atoms with Crippen molar-refractivity contribution in [1.82, 2.24) is 9.21 Å². The Morgan fingerprint density at radius 2 is 1.84 bits per heavy atom. The van der Waals surface area contributed by atoms with Gasteiger partial charge in [-0.1, -0.05) is 25.4 Å². The molecule has 1 aliphatic rings. The van der Waals surface area contributed by atoms with Crippen molar-refractivity contribution in [2.45, 2.75) is 25.3 Å². The molecule has 3 rings (SSSR count). The molecule has 1 amide bonds. The van der Waals surface area contributed by atoms with Gasteiger partial charge in [-0.25, -0.2) is 8.42 Å². The lowest BCUT2D eigenvalue weighted by atomic mass is 10.1. The number of carbonyl (C=O) groups excluding carboxylic acids is 1. The minimum absolute atomic E-state index is 0.129. The summed E-state index contributed by atoms with van der Waals surface area (Å²) in [6.45, 7) is 7.15. The van der Waals surface area contributed by atoms with Crippen LogP contribution in [-0.4, -0.2) is 70.0 Å². The van der Waals surface area contributed by atoms with E-state index >= 15 is 0 Å². The van der Waals surface area contributed by atoms with E-state index in [4.69, 9.17) is 16.3 Å². The van der Waals surface area contributed by atoms with Gasteiger partial charge in [0.05, 0.1) is 34.6 Å². The molecule has 0 saturated carbocycles. The van der Waals surface area contributed by atoms with Crippen molar-refractivity contribution in [3.8, 4) is 0 Å². The maximum absolute atomic E-state index is 13.4. The summed E-state index contributed by atoms with van der Waals surface area (Å²) in [5.74, 6) is -0.234. The summed E-state index contributed by atoms with van der Waals surface area (Å²) in [4.78, 5) is 18.2. The van der Waals surface area contributed by atoms with E-state index in [1.165, 1.54) is 21.7 Å². The van der Waals surface area contributed by atoms with E-state index in [-0.39, 0.29) is 10.8 Å². The standard InChI is InChI=1S/C21H28ClN3O4S2/c1-4-25(5-2)31(27,28)17-7-8-19(24-10-12-29-13-11-24)18(14-17)21(26)23(3)15-16-6-9-20(22)30-16/h6-9,14H,4-5,10-13,15H2,1-3H3. The number of thiophene rings is 1. The van der Waals surface area contributed by atoms with Crippen LogP contribution < -0.4 is 4.90 Å². The van der Waals surface area contributed by atoms with Crippen molar-refractivity contribution >= 4 is 44.6 Å². The lowest BCUT2D eigenvalue weighted by molar-refractivity contribution is 0.0785. The molecule has 0 unspecified atom stereocenters. The van der Waals surface area contributed by atoms with Gasteiger partial charge in [-0.15, -0.1) is 11.3 Å². The van der Waals surface area contributed by atoms with Gasteiger partial charge >= 0.3 is 0 Å². The fourth-order valence-electron chi connectivity index (χ4n) is 3.59. The summed E-state index contributed by atoms with van der Waals surface area (Å²) in [5, 5.41) is 0. The lowest BCUT2D eigenvalue weighted by Gasteiger charge is -2.31. The van der Waals surface area contributed by atoms with Crippen LogP contribution in [0, 0.1) is 0 Å². The second-order valence-corrected chi connectivity index (χ2v) is 11.0. The third-order valence-corrected chi connectivity index (χ3v) is 8.52. The molecule has 10 heteroatoms. The summed E-state index contributed by atoms with van der Waals surface area (Å²) in [6, 6.07) is 8.54. The van der Waals surface area contributed by atoms with E-state index in [2.05, 4.69) is 4.90 Å². The van der Waals surface area contributed by atoms with Gasteiger partial charge in [-0.05, 0) is 30.3 Å². The number of hydrogen-bond acceptors (Lipinski definition) is 6. The van der Waals surface area contributed by atoms with Gasteiger partial charge in [0.1, 0.15) is 0 Å². The van der Waals surface area contributed by atoms with Gasteiger partial charge in [-0.2, -0.15) is 4.31 Å². The molecular weight excluding hydrogens is 458 g/mol. The minimum atomic E-state index is -3.68. The van der Waals surface area contributed by atoms with Crippen LogP contribution in [0.2, 0.25) is 4.34 Å². The number of hydrogen-bond donors (Lipinski definition) is 0. The van der Waals surface area contributed by atoms with Crippen LogP contribution in [0.25, 0.3) is 0 Å². The zero-order valence-corrected chi connectivity index (χ0v) is 20.4. The fraction of sp³-hybridized carbons (Fsp3) is 0.476. The molecule has 2 aromatic rings. The zero-order valence-electron chi connectivity index (χ0n) is 18.0. The Morgan fingerprint density at radius 3 is 2.42 bits per heavy atom. The maximum atomic E-state index is 13.4. The summed E-state index contributed by atoms with van der Waals surface area (Å²) >= 11 is 7.44. The Kier molecular flexibility index (Phi) is 7.98. The molecule has 31 heavy (non-hydrogen) atoms. The molecule has 0 aliphatic carbocycles. The third kappa shape index (κ3) is 5.40. The second kappa shape index (κ2) is 10.3. The van der Waals surface area contributed by atoms with Crippen molar-refractivity contribution in [3.05, 3.63) is 45.1 Å². The van der Waals surface area contributed by atoms with E-state index in [0.29, 0.717) is 55.8 Å². The Bertz CT molecular complexity index is 1020. The number of benzene rings is 1. The normalized spacial score (nSPS) is 14.8. The van der Waals surface area contributed by atoms with Crippen LogP contribution in [0.15, 0.2) is 35.2 Å². The lowest BCUT2D eigenvalue weighted by Crippen LogP contribution is -2.38. The van der Waals surface area contributed by atoms with Crippen molar-refractivity contribution in [2.75, 3.05) is 51.3 Å². The molecule has 1 aromatic carbocycles. The van der Waals surface area contributed by atoms with Gasteiger partial charge in [0.25, 0.3) is 5.91 Å². The molecule has 7 nitrogen and oxygen atoms in total. The number of morpholine rings is 1. The highest BCUT2D eigenvalue weighted by atomic mass is 35.5. The number of rotatable bonds is 8. The van der Waals surface area contributed by atoms with E-state index < -0.39 is 10.0 Å². The highest BCUT2D eigenvalue weighted by Gasteiger charge is 2.27. The maximum Gasteiger partial charge on any atom is 0.256 e. The topological polar surface area (TPSA) is 70.2 Å². The van der Waals surface area contributed by atoms with Crippen LogP contribution in [0.1, 0.15) is 29.1 Å². The summed E-state index contributed by atoms with van der Waals surface area (Å²) in [7, 11) is -1.97. The van der Waals surface area contributed by atoms with Gasteiger partial charge in [0.2, 0.25) is 10.0 Å². The predicted octanol–water partition coefficient (Wildman–Crippen LogP) is 3.54. The average Bonchev–Trinajstić information content (AvgIpc) is 3.18. The SMILES string of the molecule is CCN(CC)S(=O)(=O)c1ccc(N2CCOCC2)c(C(=O)N(C)Cc2ccc(Cl)s2)c1. The Labute approximate surface area is 193 Å². The largest absolute Gasteiger partial charge is 0.378 e. The number of carbonyl (C=O) groups is 1. The van der Waals surface area contributed by atoms with Gasteiger partial charge in [0, 0.05) is 43.8 Å². The summed E-state index contributed by atoms with van der Waals surface area (Å²) in [5.41, 5.74) is 1.10. The quantitative estimate of drug-likeness (QED) is 0.572. The molecule has 0 radical (unpaired) electrons. The van der Waals surface area contributed by atoms with Crippen LogP contribution in [0.5, 0.6) is 0 Å². The first kappa shape index (κ1) is 24.0. The Hall–Kier alpha value is -1.65. The first-order valence-corrected chi connectivity index (χ1v) is 12.9. The molecule has 1 aromatic heterocycles. The van der Waals surface area contributed by atoms with Crippen LogP contribution >= 0.6 is 22.9 Å².